The van der Waals surface area contributed by atoms with Gasteiger partial charge in [-0.1, -0.05) is 55.6 Å². The molecule has 0 atom stereocenters. The van der Waals surface area contributed by atoms with Crippen LogP contribution in [-0.2, 0) is 6.42 Å². The molecule has 0 radical (unpaired) electrons. The molecule has 2 rings (SSSR count). The van der Waals surface area contributed by atoms with Gasteiger partial charge in [-0.05, 0) is 30.4 Å². The summed E-state index contributed by atoms with van der Waals surface area (Å²) in [5.41, 5.74) is 7.92. The minimum Gasteiger partial charge on any atom is -0.132 e. The maximum atomic E-state index is 3.44. The molecular formula is C17H22Si. The number of hydrogen-bond acceptors (Lipinski definition) is 0. The molecule has 0 amide bonds. The van der Waals surface area contributed by atoms with Crippen LogP contribution in [0, 0.1) is 11.5 Å². The molecule has 94 valence electrons. The summed E-state index contributed by atoms with van der Waals surface area (Å²) in [4.78, 5) is 0. The molecule has 0 nitrogen and oxygen atoms in total. The number of allylic oxidation sites excluding steroid dienone is 1. The first-order valence-electron chi connectivity index (χ1n) is 6.82. The van der Waals surface area contributed by atoms with E-state index in [1.54, 1.807) is 5.57 Å². The Labute approximate surface area is 112 Å². The summed E-state index contributed by atoms with van der Waals surface area (Å²) in [6.45, 7) is 6.91. The Balaban J connectivity index is 1.96. The molecule has 1 heteroatoms. The van der Waals surface area contributed by atoms with E-state index in [9.17, 15) is 0 Å². The average Bonchev–Trinajstić information content (AvgIpc) is 2.33. The van der Waals surface area contributed by atoms with E-state index in [1.807, 2.05) is 0 Å². The van der Waals surface area contributed by atoms with Crippen molar-refractivity contribution in [2.75, 3.05) is 0 Å². The lowest BCUT2D eigenvalue weighted by atomic mass is 9.90. The Bertz CT molecular complexity index is 506. The molecule has 1 aromatic carbocycles. The number of hydrogen-bond donors (Lipinski definition) is 0. The second-order valence-electron chi connectivity index (χ2n) is 6.05. The van der Waals surface area contributed by atoms with E-state index in [4.69, 9.17) is 0 Å². The van der Waals surface area contributed by atoms with Gasteiger partial charge in [0, 0.05) is 6.42 Å². The summed E-state index contributed by atoms with van der Waals surface area (Å²) in [5.74, 6) is 3.37. The monoisotopic (exact) mass is 254 g/mol. The van der Waals surface area contributed by atoms with Crippen molar-refractivity contribution in [2.45, 2.75) is 45.3 Å². The van der Waals surface area contributed by atoms with E-state index < -0.39 is 8.07 Å². The predicted molar refractivity (Wildman–Crippen MR) is 83.1 cm³/mol. The minimum atomic E-state index is -1.18. The zero-order valence-electron chi connectivity index (χ0n) is 11.7. The van der Waals surface area contributed by atoms with Gasteiger partial charge in [-0.15, -0.1) is 11.5 Å². The summed E-state index contributed by atoms with van der Waals surface area (Å²) < 4.78 is 0. The first-order chi connectivity index (χ1) is 8.54. The molecule has 0 saturated heterocycles. The lowest BCUT2D eigenvalue weighted by Gasteiger charge is -2.15. The van der Waals surface area contributed by atoms with Crippen LogP contribution in [-0.4, -0.2) is 8.07 Å². The van der Waals surface area contributed by atoms with Crippen molar-refractivity contribution in [3.63, 3.8) is 0 Å². The van der Waals surface area contributed by atoms with Crippen LogP contribution in [0.4, 0.5) is 0 Å². The Morgan fingerprint density at radius 1 is 1.11 bits per heavy atom. The van der Waals surface area contributed by atoms with E-state index in [0.717, 1.165) is 12.8 Å². The first-order valence-corrected chi connectivity index (χ1v) is 10.3. The Morgan fingerprint density at radius 2 is 1.89 bits per heavy atom. The van der Waals surface area contributed by atoms with Crippen LogP contribution < -0.4 is 0 Å². The lowest BCUT2D eigenvalue weighted by molar-refractivity contribution is 0.850. The fourth-order valence-electron chi connectivity index (χ4n) is 2.24. The van der Waals surface area contributed by atoms with Crippen molar-refractivity contribution < 1.29 is 0 Å². The van der Waals surface area contributed by atoms with Gasteiger partial charge >= 0.3 is 0 Å². The lowest BCUT2D eigenvalue weighted by Crippen LogP contribution is -2.16. The fraction of sp³-hybridized carbons (Fsp3) is 0.412. The van der Waals surface area contributed by atoms with Crippen LogP contribution in [0.3, 0.4) is 0 Å². The zero-order valence-corrected chi connectivity index (χ0v) is 12.7. The van der Waals surface area contributed by atoms with Crippen LogP contribution in [0.2, 0.25) is 19.6 Å². The van der Waals surface area contributed by atoms with Crippen LogP contribution >= 0.6 is 0 Å². The number of fused-ring (bicyclic) bond motifs is 1. The third-order valence-electron chi connectivity index (χ3n) is 3.16. The van der Waals surface area contributed by atoms with Crippen molar-refractivity contribution in [1.82, 2.24) is 0 Å². The molecule has 0 fully saturated rings. The molecular weight excluding hydrogens is 232 g/mol. The number of rotatable bonds is 2. The van der Waals surface area contributed by atoms with Gasteiger partial charge in [0.2, 0.25) is 0 Å². The summed E-state index contributed by atoms with van der Waals surface area (Å²) in [6.07, 6.45) is 6.95. The zero-order chi connectivity index (χ0) is 13.0. The normalized spacial score (nSPS) is 14.3. The van der Waals surface area contributed by atoms with Gasteiger partial charge in [0.1, 0.15) is 8.07 Å². The van der Waals surface area contributed by atoms with Gasteiger partial charge in [-0.2, -0.15) is 0 Å². The molecule has 18 heavy (non-hydrogen) atoms. The molecule has 0 unspecified atom stereocenters. The molecule has 1 aromatic rings. The van der Waals surface area contributed by atoms with Crippen LogP contribution in [0.25, 0.3) is 6.08 Å². The smallest absolute Gasteiger partial charge is 0.129 e. The minimum absolute atomic E-state index is 1.03. The third kappa shape index (κ3) is 3.89. The molecule has 1 aliphatic carbocycles. The highest BCUT2D eigenvalue weighted by atomic mass is 28.3. The Hall–Kier alpha value is -1.26. The summed E-state index contributed by atoms with van der Waals surface area (Å²) in [5, 5.41) is 0. The molecule has 0 N–H and O–H groups in total. The SMILES string of the molecule is C[Si](C)(C)C#CCCC1=Cc2ccccc2CC1. The maximum Gasteiger partial charge on any atom is 0.129 e. The highest BCUT2D eigenvalue weighted by molar-refractivity contribution is 6.83. The quantitative estimate of drug-likeness (QED) is 0.531. The van der Waals surface area contributed by atoms with Crippen molar-refractivity contribution in [2.24, 2.45) is 0 Å². The van der Waals surface area contributed by atoms with Gasteiger partial charge in [0.25, 0.3) is 0 Å². The predicted octanol–water partition coefficient (Wildman–Crippen LogP) is 4.68. The van der Waals surface area contributed by atoms with E-state index in [-0.39, 0.29) is 0 Å². The highest BCUT2D eigenvalue weighted by Crippen LogP contribution is 2.25. The van der Waals surface area contributed by atoms with Gasteiger partial charge in [-0.25, -0.2) is 0 Å². The van der Waals surface area contributed by atoms with Gasteiger partial charge in [-0.3, -0.25) is 0 Å². The fourth-order valence-corrected chi connectivity index (χ4v) is 2.89. The van der Waals surface area contributed by atoms with Crippen LogP contribution in [0.1, 0.15) is 30.4 Å². The number of benzene rings is 1. The molecule has 0 bridgehead atoms. The highest BCUT2D eigenvalue weighted by Gasteiger charge is 2.09. The second-order valence-corrected chi connectivity index (χ2v) is 10.8. The molecule has 0 heterocycles. The molecule has 0 aliphatic heterocycles. The summed E-state index contributed by atoms with van der Waals surface area (Å²) >= 11 is 0. The van der Waals surface area contributed by atoms with E-state index in [2.05, 4.69) is 61.4 Å². The first kappa shape index (κ1) is 13.2. The van der Waals surface area contributed by atoms with Crippen LogP contribution in [0.15, 0.2) is 29.8 Å². The van der Waals surface area contributed by atoms with E-state index in [0.29, 0.717) is 0 Å². The Kier molecular flexibility index (Phi) is 4.09. The van der Waals surface area contributed by atoms with Gasteiger partial charge in [0.15, 0.2) is 0 Å². The standard InChI is InChI=1S/C17H22Si/c1-18(2,3)13-7-6-8-15-11-12-16-9-4-5-10-17(16)14-15/h4-5,9-10,14H,6,8,11-12H2,1-3H3. The van der Waals surface area contributed by atoms with Crippen molar-refractivity contribution >= 4 is 14.1 Å². The Morgan fingerprint density at radius 3 is 2.67 bits per heavy atom. The topological polar surface area (TPSA) is 0 Å². The largest absolute Gasteiger partial charge is 0.132 e. The van der Waals surface area contributed by atoms with E-state index >= 15 is 0 Å². The van der Waals surface area contributed by atoms with Gasteiger partial charge in [0.05, 0.1) is 0 Å². The second kappa shape index (κ2) is 5.59. The molecule has 0 aromatic heterocycles. The molecule has 1 aliphatic rings. The summed E-state index contributed by atoms with van der Waals surface area (Å²) in [6, 6.07) is 8.73. The number of aryl methyl sites for hydroxylation is 1. The molecule has 0 saturated carbocycles. The molecule has 0 spiro atoms. The van der Waals surface area contributed by atoms with Crippen molar-refractivity contribution in [3.8, 4) is 11.5 Å². The van der Waals surface area contributed by atoms with E-state index in [1.165, 1.54) is 24.0 Å². The van der Waals surface area contributed by atoms with Crippen molar-refractivity contribution in [3.05, 3.63) is 41.0 Å². The maximum absolute atomic E-state index is 3.44. The summed E-state index contributed by atoms with van der Waals surface area (Å²) in [7, 11) is -1.18. The van der Waals surface area contributed by atoms with Crippen molar-refractivity contribution in [1.29, 1.82) is 0 Å². The van der Waals surface area contributed by atoms with Gasteiger partial charge < -0.3 is 0 Å². The third-order valence-corrected chi connectivity index (χ3v) is 4.09. The van der Waals surface area contributed by atoms with Crippen LogP contribution in [0.5, 0.6) is 0 Å². The average molecular weight is 254 g/mol.